The quantitative estimate of drug-likeness (QED) is 0.398. The number of thioether (sulfide) groups is 1. The lowest BCUT2D eigenvalue weighted by Gasteiger charge is -2.49. The summed E-state index contributed by atoms with van der Waals surface area (Å²) in [7, 11) is 0. The van der Waals surface area contributed by atoms with Gasteiger partial charge in [0.15, 0.2) is 35.2 Å². The lowest BCUT2D eigenvalue weighted by molar-refractivity contribution is -0.190. The second-order valence-corrected chi connectivity index (χ2v) is 7.07. The van der Waals surface area contributed by atoms with E-state index in [4.69, 9.17) is 19.9 Å². The fraction of sp³-hybridized carbons (Fsp3) is 0.562. The van der Waals surface area contributed by atoms with Gasteiger partial charge in [-0.3, -0.25) is 19.3 Å². The van der Waals surface area contributed by atoms with Gasteiger partial charge in [0, 0.05) is 20.8 Å². The number of nitrogens with one attached hydrogen (secondary N) is 1. The van der Waals surface area contributed by atoms with Gasteiger partial charge < -0.3 is 25.3 Å². The van der Waals surface area contributed by atoms with Crippen molar-refractivity contribution in [2.45, 2.75) is 50.4 Å². The van der Waals surface area contributed by atoms with Crippen molar-refractivity contribution in [1.29, 1.82) is 0 Å². The minimum atomic E-state index is -0.968. The number of ether oxygens (including phenoxy) is 3. The Morgan fingerprint density at radius 2 is 1.89 bits per heavy atom. The van der Waals surface area contributed by atoms with E-state index >= 15 is 0 Å². The van der Waals surface area contributed by atoms with E-state index in [2.05, 4.69) is 15.3 Å². The molecule has 0 saturated carbocycles. The number of fused-ring (bicyclic) bond motifs is 2. The molecule has 3 heterocycles. The number of hydrogen-bond donors (Lipinski definition) is 2. The van der Waals surface area contributed by atoms with Crippen LogP contribution in [0.25, 0.3) is 0 Å². The first-order valence-corrected chi connectivity index (χ1v) is 9.69. The molecule has 12 heteroatoms. The first-order valence-electron chi connectivity index (χ1n) is 8.46. The SMILES string of the molecule is CSc1nc(N)c2c(n1)N[C@H]1OC[C@H](OC(C)=O)[C@H](OC(C)=O)[C@H]1N2C(C)=O. The molecule has 1 fully saturated rings. The summed E-state index contributed by atoms with van der Waals surface area (Å²) in [4.78, 5) is 45.6. The highest BCUT2D eigenvalue weighted by atomic mass is 32.2. The van der Waals surface area contributed by atoms with Gasteiger partial charge in [-0.2, -0.15) is 0 Å². The van der Waals surface area contributed by atoms with Crippen molar-refractivity contribution in [3.63, 3.8) is 0 Å². The summed E-state index contributed by atoms with van der Waals surface area (Å²) in [5, 5.41) is 3.51. The summed E-state index contributed by atoms with van der Waals surface area (Å²) in [5.41, 5.74) is 6.36. The van der Waals surface area contributed by atoms with Gasteiger partial charge in [0.1, 0.15) is 11.7 Å². The van der Waals surface area contributed by atoms with Gasteiger partial charge in [-0.25, -0.2) is 9.97 Å². The molecule has 0 bridgehead atoms. The lowest BCUT2D eigenvalue weighted by Crippen LogP contribution is -2.67. The zero-order chi connectivity index (χ0) is 20.6. The molecule has 28 heavy (non-hydrogen) atoms. The van der Waals surface area contributed by atoms with E-state index in [0.29, 0.717) is 11.0 Å². The summed E-state index contributed by atoms with van der Waals surface area (Å²) in [6.45, 7) is 3.79. The zero-order valence-electron chi connectivity index (χ0n) is 15.8. The maximum absolute atomic E-state index is 12.6. The molecular weight excluding hydrogens is 390 g/mol. The van der Waals surface area contributed by atoms with E-state index in [1.165, 1.54) is 37.4 Å². The fourth-order valence-corrected chi connectivity index (χ4v) is 3.75. The minimum absolute atomic E-state index is 0.0251. The number of esters is 2. The zero-order valence-corrected chi connectivity index (χ0v) is 16.6. The Labute approximate surface area is 165 Å². The van der Waals surface area contributed by atoms with Crippen LogP contribution in [0.1, 0.15) is 20.8 Å². The number of carbonyl (C=O) groups excluding carboxylic acids is 3. The van der Waals surface area contributed by atoms with E-state index in [-0.39, 0.29) is 24.0 Å². The molecule has 0 aliphatic carbocycles. The molecule has 0 unspecified atom stereocenters. The Bertz CT molecular complexity index is 821. The molecule has 1 aromatic heterocycles. The Hall–Kier alpha value is -2.60. The molecule has 11 nitrogen and oxygen atoms in total. The highest BCUT2D eigenvalue weighted by molar-refractivity contribution is 7.98. The average molecular weight is 411 g/mol. The van der Waals surface area contributed by atoms with Crippen LogP contribution in [0.15, 0.2) is 5.16 Å². The molecule has 1 amide bonds. The summed E-state index contributed by atoms with van der Waals surface area (Å²) < 4.78 is 16.5. The molecule has 2 aliphatic heterocycles. The Kier molecular flexibility index (Phi) is 5.61. The van der Waals surface area contributed by atoms with E-state index in [9.17, 15) is 14.4 Å². The van der Waals surface area contributed by atoms with Crippen LogP contribution < -0.4 is 16.0 Å². The normalized spacial score (nSPS) is 25.8. The summed E-state index contributed by atoms with van der Waals surface area (Å²) in [5.74, 6) is -1.10. The summed E-state index contributed by atoms with van der Waals surface area (Å²) in [6, 6.07) is -0.835. The smallest absolute Gasteiger partial charge is 0.303 e. The van der Waals surface area contributed by atoms with Crippen molar-refractivity contribution in [2.24, 2.45) is 0 Å². The number of nitrogens with two attached hydrogens (primary N) is 1. The van der Waals surface area contributed by atoms with Crippen LogP contribution in [0.3, 0.4) is 0 Å². The average Bonchev–Trinajstić information content (AvgIpc) is 2.60. The molecule has 152 valence electrons. The second kappa shape index (κ2) is 7.80. The van der Waals surface area contributed by atoms with Gasteiger partial charge in [-0.15, -0.1) is 0 Å². The van der Waals surface area contributed by atoms with Crippen molar-refractivity contribution in [3.8, 4) is 0 Å². The monoisotopic (exact) mass is 411 g/mol. The van der Waals surface area contributed by atoms with Crippen LogP contribution in [0.4, 0.5) is 17.3 Å². The number of nitrogens with zero attached hydrogens (tertiary/aromatic N) is 3. The van der Waals surface area contributed by atoms with Gasteiger partial charge >= 0.3 is 11.9 Å². The number of hydrogen-bond acceptors (Lipinski definition) is 11. The highest BCUT2D eigenvalue weighted by Gasteiger charge is 2.52. The first kappa shape index (κ1) is 20.1. The number of anilines is 3. The van der Waals surface area contributed by atoms with Crippen molar-refractivity contribution >= 4 is 46.9 Å². The number of amides is 1. The molecule has 2 aliphatic rings. The summed E-state index contributed by atoms with van der Waals surface area (Å²) in [6.07, 6.45) is -0.811. The molecule has 4 atom stereocenters. The molecule has 0 aromatic carbocycles. The summed E-state index contributed by atoms with van der Waals surface area (Å²) >= 11 is 1.30. The number of nitrogen functional groups attached to an aromatic ring is 1. The number of carbonyl (C=O) groups is 3. The van der Waals surface area contributed by atoms with Crippen LogP contribution in [0.5, 0.6) is 0 Å². The topological polar surface area (TPSA) is 146 Å². The van der Waals surface area contributed by atoms with Crippen molar-refractivity contribution in [1.82, 2.24) is 9.97 Å². The van der Waals surface area contributed by atoms with Gasteiger partial charge in [0.25, 0.3) is 0 Å². The van der Waals surface area contributed by atoms with Crippen LogP contribution in [0, 0.1) is 0 Å². The van der Waals surface area contributed by atoms with Gasteiger partial charge in [0.2, 0.25) is 5.91 Å². The largest absolute Gasteiger partial charge is 0.456 e. The van der Waals surface area contributed by atoms with E-state index in [0.717, 1.165) is 0 Å². The lowest BCUT2D eigenvalue weighted by atomic mass is 9.96. The standard InChI is InChI=1S/C16H21N5O6S/c1-6(22)21-10-12(27-8(3)24)9(26-7(2)23)5-25-15(10)19-14-11(21)13(17)18-16(20-14)28-4/h9-10,12,15H,5H2,1-4H3,(H3,17,18,19,20)/t9-,10+,12-,15-/m0/s1. The highest BCUT2D eigenvalue weighted by Crippen LogP contribution is 2.41. The van der Waals surface area contributed by atoms with Crippen molar-refractivity contribution in [3.05, 3.63) is 0 Å². The van der Waals surface area contributed by atoms with Crippen LogP contribution in [-0.4, -0.2) is 65.2 Å². The van der Waals surface area contributed by atoms with Crippen molar-refractivity contribution in [2.75, 3.05) is 28.8 Å². The number of aromatic nitrogens is 2. The van der Waals surface area contributed by atoms with Gasteiger partial charge in [0.05, 0.1) is 6.61 Å². The van der Waals surface area contributed by atoms with Gasteiger partial charge in [-0.05, 0) is 6.26 Å². The first-order chi connectivity index (χ1) is 13.2. The third-order valence-electron chi connectivity index (χ3n) is 4.30. The molecule has 3 rings (SSSR count). The molecule has 0 spiro atoms. The number of rotatable bonds is 3. The molecular formula is C16H21N5O6S. The Morgan fingerprint density at radius 1 is 1.21 bits per heavy atom. The molecule has 3 N–H and O–H groups in total. The molecule has 0 radical (unpaired) electrons. The molecule has 1 saturated heterocycles. The Morgan fingerprint density at radius 3 is 2.46 bits per heavy atom. The second-order valence-electron chi connectivity index (χ2n) is 6.29. The predicted octanol–water partition coefficient (Wildman–Crippen LogP) is 0.147. The maximum atomic E-state index is 12.6. The van der Waals surface area contributed by atoms with E-state index < -0.39 is 36.4 Å². The maximum Gasteiger partial charge on any atom is 0.303 e. The van der Waals surface area contributed by atoms with Gasteiger partial charge in [-0.1, -0.05) is 11.8 Å². The molecule has 1 aromatic rings. The predicted molar refractivity (Wildman–Crippen MR) is 99.6 cm³/mol. The van der Waals surface area contributed by atoms with Crippen LogP contribution in [-0.2, 0) is 28.6 Å². The fourth-order valence-electron chi connectivity index (χ4n) is 3.38. The van der Waals surface area contributed by atoms with E-state index in [1.807, 2.05) is 0 Å². The minimum Gasteiger partial charge on any atom is -0.456 e. The Balaban J connectivity index is 2.10. The third kappa shape index (κ3) is 3.69. The van der Waals surface area contributed by atoms with E-state index in [1.54, 1.807) is 6.26 Å². The van der Waals surface area contributed by atoms with Crippen molar-refractivity contribution < 1.29 is 28.6 Å². The van der Waals surface area contributed by atoms with Crippen LogP contribution in [0.2, 0.25) is 0 Å². The van der Waals surface area contributed by atoms with Crippen LogP contribution >= 0.6 is 11.8 Å². The third-order valence-corrected chi connectivity index (χ3v) is 4.85.